The van der Waals surface area contributed by atoms with Crippen molar-refractivity contribution in [3.63, 3.8) is 0 Å². The van der Waals surface area contributed by atoms with Gasteiger partial charge in [-0.05, 0) is 31.9 Å². The van der Waals surface area contributed by atoms with Crippen LogP contribution in [-0.2, 0) is 23.4 Å². The third kappa shape index (κ3) is 5.61. The number of ether oxygens (including phenoxy) is 2. The van der Waals surface area contributed by atoms with E-state index in [0.29, 0.717) is 48.5 Å². The van der Waals surface area contributed by atoms with Crippen LogP contribution in [0, 0.1) is 10.8 Å². The second-order valence-electron chi connectivity index (χ2n) is 11.6. The average molecular weight is 571 g/mol. The third-order valence-corrected chi connectivity index (χ3v) is 7.46. The van der Waals surface area contributed by atoms with Crippen molar-refractivity contribution in [2.24, 2.45) is 10.8 Å². The van der Waals surface area contributed by atoms with Gasteiger partial charge in [0.2, 0.25) is 0 Å². The molecule has 0 spiro atoms. The SMILES string of the molecule is CC1(C)COB(B2OCC(C)(CO[C@]3(C)C[C@H](n4cnc5cc(Br)cc(OC(F)F)c54)C3)CO2)OC1. The molecule has 0 amide bonds. The Morgan fingerprint density at radius 2 is 1.67 bits per heavy atom. The van der Waals surface area contributed by atoms with Gasteiger partial charge < -0.3 is 32.7 Å². The number of alkyl halides is 2. The molecule has 5 rings (SSSR count). The maximum absolute atomic E-state index is 13.0. The molecule has 2 aromatic rings. The monoisotopic (exact) mass is 570 g/mol. The first-order chi connectivity index (χ1) is 16.9. The van der Waals surface area contributed by atoms with Crippen LogP contribution in [0.2, 0.25) is 0 Å². The van der Waals surface area contributed by atoms with E-state index < -0.39 is 20.6 Å². The van der Waals surface area contributed by atoms with Crippen LogP contribution >= 0.6 is 15.9 Å². The van der Waals surface area contributed by atoms with Gasteiger partial charge in [-0.3, -0.25) is 0 Å². The number of benzene rings is 1. The Kier molecular flexibility index (Phi) is 7.19. The summed E-state index contributed by atoms with van der Waals surface area (Å²) in [7, 11) is -1.06. The van der Waals surface area contributed by atoms with E-state index in [4.69, 9.17) is 28.1 Å². The van der Waals surface area contributed by atoms with Crippen LogP contribution in [0.3, 0.4) is 0 Å². The van der Waals surface area contributed by atoms with Crippen molar-refractivity contribution in [2.45, 2.75) is 58.8 Å². The first kappa shape index (κ1) is 26.4. The smallest absolute Gasteiger partial charge is 0.432 e. The fourth-order valence-electron chi connectivity index (χ4n) is 4.92. The number of halogens is 3. The Hall–Kier alpha value is -1.24. The van der Waals surface area contributed by atoms with Gasteiger partial charge in [-0.2, -0.15) is 8.78 Å². The third-order valence-electron chi connectivity index (χ3n) is 7.00. The minimum atomic E-state index is -2.91. The first-order valence-electron chi connectivity index (χ1n) is 12.2. The summed E-state index contributed by atoms with van der Waals surface area (Å²) in [5.41, 5.74) is 0.503. The van der Waals surface area contributed by atoms with Gasteiger partial charge in [0.25, 0.3) is 0 Å². The predicted molar refractivity (Wildman–Crippen MR) is 134 cm³/mol. The molecule has 2 aliphatic heterocycles. The second kappa shape index (κ2) is 9.81. The molecule has 3 aliphatic rings. The van der Waals surface area contributed by atoms with E-state index in [1.54, 1.807) is 18.5 Å². The lowest BCUT2D eigenvalue weighted by atomic mass is 9.47. The van der Waals surface area contributed by atoms with Gasteiger partial charge in [0.1, 0.15) is 5.52 Å². The molecule has 36 heavy (non-hydrogen) atoms. The molecule has 0 bridgehead atoms. The van der Waals surface area contributed by atoms with Crippen molar-refractivity contribution >= 4 is 41.0 Å². The summed E-state index contributed by atoms with van der Waals surface area (Å²) < 4.78 is 63.2. The Balaban J connectivity index is 1.15. The van der Waals surface area contributed by atoms with E-state index in [1.807, 2.05) is 4.57 Å². The number of aromatic nitrogens is 2. The van der Waals surface area contributed by atoms with E-state index in [9.17, 15) is 8.78 Å². The summed E-state index contributed by atoms with van der Waals surface area (Å²) in [6, 6.07) is 3.41. The van der Waals surface area contributed by atoms with Crippen molar-refractivity contribution in [2.75, 3.05) is 33.0 Å². The molecule has 0 radical (unpaired) electrons. The van der Waals surface area contributed by atoms with Gasteiger partial charge in [-0.25, -0.2) is 4.98 Å². The molecule has 1 aliphatic carbocycles. The Morgan fingerprint density at radius 3 is 2.28 bits per heavy atom. The largest absolute Gasteiger partial charge is 0.488 e. The topological polar surface area (TPSA) is 73.2 Å². The molecule has 0 N–H and O–H groups in total. The number of fused-ring (bicyclic) bond motifs is 1. The minimum Gasteiger partial charge on any atom is -0.432 e. The normalized spacial score (nSPS) is 27.9. The molecule has 3 fully saturated rings. The summed E-state index contributed by atoms with van der Waals surface area (Å²) in [6.45, 7) is 8.02. The summed E-state index contributed by atoms with van der Waals surface area (Å²) in [6.07, 6.45) is 3.13. The zero-order valence-electron chi connectivity index (χ0n) is 21.0. The number of rotatable bonds is 7. The van der Waals surface area contributed by atoms with Crippen molar-refractivity contribution in [3.05, 3.63) is 22.9 Å². The maximum Gasteiger partial charge on any atom is 0.488 e. The van der Waals surface area contributed by atoms with Crippen LogP contribution in [0.1, 0.15) is 46.6 Å². The van der Waals surface area contributed by atoms with Crippen molar-refractivity contribution < 1.29 is 36.9 Å². The Labute approximate surface area is 218 Å². The molecule has 1 saturated carbocycles. The molecule has 1 aromatic carbocycles. The molecule has 3 heterocycles. The van der Waals surface area contributed by atoms with E-state index in [-0.39, 0.29) is 28.2 Å². The Bertz CT molecular complexity index is 1080. The number of hydrogen-bond donors (Lipinski definition) is 0. The lowest BCUT2D eigenvalue weighted by Gasteiger charge is -2.48. The van der Waals surface area contributed by atoms with Gasteiger partial charge in [0.15, 0.2) is 5.75 Å². The fourth-order valence-corrected chi connectivity index (χ4v) is 5.35. The summed E-state index contributed by atoms with van der Waals surface area (Å²) in [4.78, 5) is 4.40. The molecule has 196 valence electrons. The highest BCUT2D eigenvalue weighted by Crippen LogP contribution is 2.47. The number of hydrogen-bond acceptors (Lipinski definition) is 7. The molecular formula is C23H31B2BrF2N2O6. The Morgan fingerprint density at radius 1 is 1.06 bits per heavy atom. The van der Waals surface area contributed by atoms with Crippen LogP contribution in [-0.4, -0.2) is 68.8 Å². The molecule has 2 saturated heterocycles. The van der Waals surface area contributed by atoms with Crippen LogP contribution in [0.25, 0.3) is 11.0 Å². The number of imidazole rings is 1. The summed E-state index contributed by atoms with van der Waals surface area (Å²) in [5, 5.41) is 0. The summed E-state index contributed by atoms with van der Waals surface area (Å²) in [5.74, 6) is 0.106. The van der Waals surface area contributed by atoms with Gasteiger partial charge in [0.05, 0.1) is 24.1 Å². The predicted octanol–water partition coefficient (Wildman–Crippen LogP) is 4.69. The molecule has 1 aromatic heterocycles. The van der Waals surface area contributed by atoms with Crippen molar-refractivity contribution in [1.29, 1.82) is 0 Å². The second-order valence-corrected chi connectivity index (χ2v) is 12.5. The zero-order valence-corrected chi connectivity index (χ0v) is 22.6. The first-order valence-corrected chi connectivity index (χ1v) is 12.9. The van der Waals surface area contributed by atoms with Crippen LogP contribution < -0.4 is 4.74 Å². The van der Waals surface area contributed by atoms with E-state index >= 15 is 0 Å². The molecular weight excluding hydrogens is 540 g/mol. The van der Waals surface area contributed by atoms with Crippen LogP contribution in [0.5, 0.6) is 5.75 Å². The van der Waals surface area contributed by atoms with Crippen molar-refractivity contribution in [1.82, 2.24) is 9.55 Å². The lowest BCUT2D eigenvalue weighted by Crippen LogP contribution is -2.58. The summed E-state index contributed by atoms with van der Waals surface area (Å²) >= 11 is 3.33. The van der Waals surface area contributed by atoms with Crippen LogP contribution in [0.15, 0.2) is 22.9 Å². The van der Waals surface area contributed by atoms with Gasteiger partial charge in [-0.15, -0.1) is 0 Å². The van der Waals surface area contributed by atoms with Gasteiger partial charge in [-0.1, -0.05) is 36.7 Å². The van der Waals surface area contributed by atoms with Gasteiger partial charge in [0, 0.05) is 47.8 Å². The molecule has 13 heteroatoms. The van der Waals surface area contributed by atoms with E-state index in [0.717, 1.165) is 12.8 Å². The molecule has 0 unspecified atom stereocenters. The molecule has 0 atom stereocenters. The average Bonchev–Trinajstić information content (AvgIpc) is 3.20. The minimum absolute atomic E-state index is 0.0129. The van der Waals surface area contributed by atoms with Gasteiger partial charge >= 0.3 is 20.6 Å². The van der Waals surface area contributed by atoms with E-state index in [1.165, 1.54) is 0 Å². The highest BCUT2D eigenvalue weighted by atomic mass is 79.9. The van der Waals surface area contributed by atoms with E-state index in [2.05, 4.69) is 48.6 Å². The quantitative estimate of drug-likeness (QED) is 0.447. The number of nitrogens with zero attached hydrogens (tertiary/aromatic N) is 2. The zero-order chi connectivity index (χ0) is 25.7. The fraction of sp³-hybridized carbons (Fsp3) is 0.696. The highest BCUT2D eigenvalue weighted by molar-refractivity contribution is 9.10. The highest BCUT2D eigenvalue weighted by Gasteiger charge is 2.50. The van der Waals surface area contributed by atoms with Crippen LogP contribution in [0.4, 0.5) is 8.78 Å². The lowest BCUT2D eigenvalue weighted by molar-refractivity contribution is -0.151. The standard InChI is InChI=1S/C23H31B2BrF2N2O6/c1-21(2)9-32-24(33-10-21)25-34-12-22(3,13-35-25)11-31-23(4)7-16(8-23)30-14-29-17-5-15(26)6-18(19(17)30)36-20(27)28/h5-6,14,16,20H,7-13H2,1-4H3/t16-,23+. The molecule has 8 nitrogen and oxygen atoms in total. The van der Waals surface area contributed by atoms with Crippen molar-refractivity contribution in [3.8, 4) is 5.75 Å². The maximum atomic E-state index is 13.0.